The first kappa shape index (κ1) is 20.7. The lowest BCUT2D eigenvalue weighted by Gasteiger charge is -2.28. The molecule has 21 heavy (non-hydrogen) atoms. The minimum atomic E-state index is 0.00915. The SMILES string of the molecule is CCCCCCC(C=O)(CCCCCC)CCCCCC. The maximum absolute atomic E-state index is 11.8. The van der Waals surface area contributed by atoms with Gasteiger partial charge in [0.1, 0.15) is 6.29 Å². The van der Waals surface area contributed by atoms with Crippen molar-refractivity contribution in [3.63, 3.8) is 0 Å². The first-order chi connectivity index (χ1) is 10.2. The maximum Gasteiger partial charge on any atom is 0.126 e. The highest BCUT2D eigenvalue weighted by Gasteiger charge is 2.27. The van der Waals surface area contributed by atoms with Gasteiger partial charge in [-0.3, -0.25) is 0 Å². The van der Waals surface area contributed by atoms with Crippen LogP contribution in [0.2, 0.25) is 0 Å². The number of hydrogen-bond donors (Lipinski definition) is 0. The van der Waals surface area contributed by atoms with E-state index in [1.807, 2.05) is 0 Å². The van der Waals surface area contributed by atoms with Gasteiger partial charge in [-0.2, -0.15) is 0 Å². The van der Waals surface area contributed by atoms with Crippen LogP contribution in [0.5, 0.6) is 0 Å². The molecule has 1 nitrogen and oxygen atoms in total. The normalized spacial score (nSPS) is 11.8. The molecular weight excluding hydrogens is 256 g/mol. The van der Waals surface area contributed by atoms with Gasteiger partial charge in [-0.15, -0.1) is 0 Å². The molecule has 0 atom stereocenters. The molecule has 0 saturated carbocycles. The molecule has 0 radical (unpaired) electrons. The van der Waals surface area contributed by atoms with Gasteiger partial charge in [-0.25, -0.2) is 0 Å². The molecule has 0 aromatic heterocycles. The topological polar surface area (TPSA) is 17.1 Å². The fourth-order valence-electron chi connectivity index (χ4n) is 3.26. The predicted molar refractivity (Wildman–Crippen MR) is 94.8 cm³/mol. The molecule has 0 heterocycles. The van der Waals surface area contributed by atoms with Crippen molar-refractivity contribution in [3.8, 4) is 0 Å². The van der Waals surface area contributed by atoms with Crippen LogP contribution in [0.1, 0.15) is 117 Å². The number of hydrogen-bond acceptors (Lipinski definition) is 1. The van der Waals surface area contributed by atoms with Crippen molar-refractivity contribution in [2.24, 2.45) is 5.41 Å². The molecule has 0 amide bonds. The van der Waals surface area contributed by atoms with E-state index in [0.29, 0.717) is 0 Å². The van der Waals surface area contributed by atoms with Crippen molar-refractivity contribution in [3.05, 3.63) is 0 Å². The summed E-state index contributed by atoms with van der Waals surface area (Å²) < 4.78 is 0. The van der Waals surface area contributed by atoms with E-state index in [1.54, 1.807) is 0 Å². The van der Waals surface area contributed by atoms with Crippen molar-refractivity contribution in [1.29, 1.82) is 0 Å². The van der Waals surface area contributed by atoms with Crippen LogP contribution in [0.15, 0.2) is 0 Å². The Bertz CT molecular complexity index is 191. The Morgan fingerprint density at radius 3 is 1.14 bits per heavy atom. The smallest absolute Gasteiger partial charge is 0.126 e. The number of aldehydes is 1. The molecule has 0 rings (SSSR count). The first-order valence-corrected chi connectivity index (χ1v) is 9.71. The van der Waals surface area contributed by atoms with E-state index in [-0.39, 0.29) is 5.41 Å². The van der Waals surface area contributed by atoms with Crippen LogP contribution in [0, 0.1) is 5.41 Å². The fourth-order valence-corrected chi connectivity index (χ4v) is 3.26. The Hall–Kier alpha value is -0.330. The Balaban J connectivity index is 4.26. The summed E-state index contributed by atoms with van der Waals surface area (Å²) in [5.41, 5.74) is 0.00915. The second kappa shape index (κ2) is 14.6. The zero-order valence-corrected chi connectivity index (χ0v) is 15.1. The minimum Gasteiger partial charge on any atom is -0.303 e. The lowest BCUT2D eigenvalue weighted by atomic mass is 9.75. The van der Waals surface area contributed by atoms with E-state index in [4.69, 9.17) is 0 Å². The predicted octanol–water partition coefficient (Wildman–Crippen LogP) is 7.08. The van der Waals surface area contributed by atoms with Crippen LogP contribution < -0.4 is 0 Å². The second-order valence-electron chi connectivity index (χ2n) is 6.91. The van der Waals surface area contributed by atoms with Gasteiger partial charge in [0.05, 0.1) is 0 Å². The Kier molecular flexibility index (Phi) is 14.4. The summed E-state index contributed by atoms with van der Waals surface area (Å²) in [5, 5.41) is 0. The second-order valence-corrected chi connectivity index (χ2v) is 6.91. The standard InChI is InChI=1S/C20H40O/c1-4-7-10-13-16-20(19-21,17-14-11-8-5-2)18-15-12-9-6-3/h19H,4-18H2,1-3H3. The van der Waals surface area contributed by atoms with Crippen molar-refractivity contribution < 1.29 is 4.79 Å². The van der Waals surface area contributed by atoms with E-state index in [9.17, 15) is 4.79 Å². The number of unbranched alkanes of at least 4 members (excludes halogenated alkanes) is 9. The Morgan fingerprint density at radius 2 is 0.905 bits per heavy atom. The average molecular weight is 297 g/mol. The molecule has 0 bridgehead atoms. The highest BCUT2D eigenvalue weighted by Crippen LogP contribution is 2.35. The van der Waals surface area contributed by atoms with Gasteiger partial charge in [0.2, 0.25) is 0 Å². The lowest BCUT2D eigenvalue weighted by molar-refractivity contribution is -0.117. The van der Waals surface area contributed by atoms with Gasteiger partial charge in [-0.05, 0) is 19.3 Å². The van der Waals surface area contributed by atoms with E-state index in [0.717, 1.165) is 19.3 Å². The lowest BCUT2D eigenvalue weighted by Crippen LogP contribution is -2.23. The van der Waals surface area contributed by atoms with Gasteiger partial charge >= 0.3 is 0 Å². The molecule has 0 N–H and O–H groups in total. The van der Waals surface area contributed by atoms with E-state index in [2.05, 4.69) is 20.8 Å². The van der Waals surface area contributed by atoms with Crippen LogP contribution in [-0.4, -0.2) is 6.29 Å². The van der Waals surface area contributed by atoms with Crippen molar-refractivity contribution in [2.75, 3.05) is 0 Å². The van der Waals surface area contributed by atoms with Crippen LogP contribution in [0.25, 0.3) is 0 Å². The summed E-state index contributed by atoms with van der Waals surface area (Å²) in [6.07, 6.45) is 20.2. The van der Waals surface area contributed by atoms with Crippen LogP contribution in [0.3, 0.4) is 0 Å². The number of rotatable bonds is 16. The largest absolute Gasteiger partial charge is 0.303 e. The molecule has 0 aromatic carbocycles. The van der Waals surface area contributed by atoms with Gasteiger partial charge in [0, 0.05) is 5.41 Å². The molecule has 0 unspecified atom stereocenters. The van der Waals surface area contributed by atoms with E-state index < -0.39 is 0 Å². The zero-order chi connectivity index (χ0) is 15.8. The van der Waals surface area contributed by atoms with Gasteiger partial charge in [-0.1, -0.05) is 97.8 Å². The highest BCUT2D eigenvalue weighted by molar-refractivity contribution is 5.59. The molecule has 0 fully saturated rings. The third kappa shape index (κ3) is 11.0. The fraction of sp³-hybridized carbons (Fsp3) is 0.950. The number of carbonyl (C=O) groups is 1. The average Bonchev–Trinajstić information content (AvgIpc) is 2.51. The number of carbonyl (C=O) groups excluding carboxylic acids is 1. The summed E-state index contributed by atoms with van der Waals surface area (Å²) in [6, 6.07) is 0. The quantitative estimate of drug-likeness (QED) is 0.219. The highest BCUT2D eigenvalue weighted by atomic mass is 16.1. The summed E-state index contributed by atoms with van der Waals surface area (Å²) >= 11 is 0. The van der Waals surface area contributed by atoms with Crippen molar-refractivity contribution in [1.82, 2.24) is 0 Å². The molecule has 0 saturated heterocycles. The van der Waals surface area contributed by atoms with Gasteiger partial charge in [0.25, 0.3) is 0 Å². The Labute approximate surface area is 134 Å². The summed E-state index contributed by atoms with van der Waals surface area (Å²) in [5.74, 6) is 0. The summed E-state index contributed by atoms with van der Waals surface area (Å²) in [6.45, 7) is 6.76. The molecular formula is C20H40O. The van der Waals surface area contributed by atoms with Crippen LogP contribution >= 0.6 is 0 Å². The summed E-state index contributed by atoms with van der Waals surface area (Å²) in [4.78, 5) is 11.8. The van der Waals surface area contributed by atoms with Crippen LogP contribution in [0.4, 0.5) is 0 Å². The first-order valence-electron chi connectivity index (χ1n) is 9.71. The molecule has 0 aliphatic carbocycles. The molecule has 126 valence electrons. The Morgan fingerprint density at radius 1 is 0.571 bits per heavy atom. The third-order valence-electron chi connectivity index (χ3n) is 4.83. The third-order valence-corrected chi connectivity index (χ3v) is 4.83. The molecule has 1 heteroatoms. The van der Waals surface area contributed by atoms with Crippen LogP contribution in [-0.2, 0) is 4.79 Å². The minimum absolute atomic E-state index is 0.00915. The van der Waals surface area contributed by atoms with Crippen molar-refractivity contribution in [2.45, 2.75) is 117 Å². The van der Waals surface area contributed by atoms with E-state index in [1.165, 1.54) is 83.3 Å². The summed E-state index contributed by atoms with van der Waals surface area (Å²) in [7, 11) is 0. The van der Waals surface area contributed by atoms with Gasteiger partial charge in [0.15, 0.2) is 0 Å². The van der Waals surface area contributed by atoms with E-state index >= 15 is 0 Å². The molecule has 0 aromatic rings. The molecule has 0 aliphatic rings. The maximum atomic E-state index is 11.8. The molecule has 0 aliphatic heterocycles. The van der Waals surface area contributed by atoms with Crippen molar-refractivity contribution >= 4 is 6.29 Å². The molecule has 0 spiro atoms. The zero-order valence-electron chi connectivity index (χ0n) is 15.1. The van der Waals surface area contributed by atoms with Gasteiger partial charge < -0.3 is 4.79 Å². The monoisotopic (exact) mass is 296 g/mol.